The highest BCUT2D eigenvalue weighted by molar-refractivity contribution is 6.06. The fraction of sp³-hybridized carbons (Fsp3) is 0.190. The quantitative estimate of drug-likeness (QED) is 0.613. The smallest absolute Gasteiger partial charge is 0.357 e. The summed E-state index contributed by atoms with van der Waals surface area (Å²) >= 11 is 0. The molecule has 2 aromatic carbocycles. The summed E-state index contributed by atoms with van der Waals surface area (Å²) in [6.07, 6.45) is 0. The molecule has 1 aromatic heterocycles. The van der Waals surface area contributed by atoms with E-state index in [-0.39, 0.29) is 30.2 Å². The van der Waals surface area contributed by atoms with Gasteiger partial charge in [-0.1, -0.05) is 30.3 Å². The number of carbonyl (C=O) groups excluding carboxylic acids is 2. The number of aromatic nitrogens is 2. The Bertz CT molecular complexity index is 1010. The van der Waals surface area contributed by atoms with Crippen LogP contribution in [-0.4, -0.2) is 54.3 Å². The van der Waals surface area contributed by atoms with Crippen molar-refractivity contribution in [3.63, 3.8) is 0 Å². The maximum atomic E-state index is 12.6. The summed E-state index contributed by atoms with van der Waals surface area (Å²) in [6, 6.07) is 15.8. The number of nitrogens with zero attached hydrogens (tertiary/aromatic N) is 2. The van der Waals surface area contributed by atoms with E-state index in [2.05, 4.69) is 5.10 Å². The summed E-state index contributed by atoms with van der Waals surface area (Å²) in [5.74, 6) is -0.953. The van der Waals surface area contributed by atoms with Crippen LogP contribution < -0.4 is 4.74 Å². The van der Waals surface area contributed by atoms with Crippen molar-refractivity contribution in [1.29, 1.82) is 0 Å². The van der Waals surface area contributed by atoms with Crippen molar-refractivity contribution in [3.05, 3.63) is 65.9 Å². The van der Waals surface area contributed by atoms with Gasteiger partial charge in [0.05, 0.1) is 26.5 Å². The fourth-order valence-corrected chi connectivity index (χ4v) is 2.85. The summed E-state index contributed by atoms with van der Waals surface area (Å²) < 4.78 is 16.6. The minimum atomic E-state index is -0.722. The molecule has 0 aliphatic rings. The third kappa shape index (κ3) is 4.12. The maximum absolute atomic E-state index is 12.6. The van der Waals surface area contributed by atoms with Crippen LogP contribution in [0.1, 0.15) is 20.8 Å². The van der Waals surface area contributed by atoms with Gasteiger partial charge in [0.15, 0.2) is 5.69 Å². The summed E-state index contributed by atoms with van der Waals surface area (Å²) in [4.78, 5) is 25.2. The normalized spacial score (nSPS) is 10.4. The molecule has 8 heteroatoms. The van der Waals surface area contributed by atoms with Crippen molar-refractivity contribution in [1.82, 2.24) is 9.78 Å². The lowest BCUT2D eigenvalue weighted by molar-refractivity contribution is 0.0549. The molecule has 1 N–H and O–H groups in total. The fourth-order valence-electron chi connectivity index (χ4n) is 2.85. The van der Waals surface area contributed by atoms with E-state index in [4.69, 9.17) is 19.3 Å². The predicted octanol–water partition coefficient (Wildman–Crippen LogP) is 2.48. The summed E-state index contributed by atoms with van der Waals surface area (Å²) in [6.45, 7) is -0.00800. The molecule has 1 heterocycles. The molecule has 0 radical (unpaired) electrons. The first-order chi connectivity index (χ1) is 14.1. The average molecular weight is 396 g/mol. The number of rotatable bonds is 7. The molecule has 0 unspecified atom stereocenters. The molecule has 0 bridgehead atoms. The van der Waals surface area contributed by atoms with Crippen LogP contribution >= 0.6 is 0 Å². The molecule has 0 amide bonds. The standard InChI is InChI=1S/C21H20N2O6/c1-27-20(25)17-18(14-7-6-10-16(13-14)29-12-11-24)22-23(19(17)21(26)28-2)15-8-4-3-5-9-15/h3-10,13,24H,11-12H2,1-2H3. The molecule has 29 heavy (non-hydrogen) atoms. The van der Waals surface area contributed by atoms with Crippen LogP contribution in [-0.2, 0) is 9.47 Å². The zero-order valence-corrected chi connectivity index (χ0v) is 16.0. The maximum Gasteiger partial charge on any atom is 0.357 e. The van der Waals surface area contributed by atoms with Crippen LogP contribution in [0.3, 0.4) is 0 Å². The predicted molar refractivity (Wildman–Crippen MR) is 104 cm³/mol. The van der Waals surface area contributed by atoms with Gasteiger partial charge in [-0.2, -0.15) is 5.10 Å². The van der Waals surface area contributed by atoms with Gasteiger partial charge in [0, 0.05) is 5.56 Å². The van der Waals surface area contributed by atoms with Crippen molar-refractivity contribution in [2.24, 2.45) is 0 Å². The van der Waals surface area contributed by atoms with Gasteiger partial charge in [0.25, 0.3) is 0 Å². The van der Waals surface area contributed by atoms with Crippen molar-refractivity contribution < 1.29 is 28.9 Å². The van der Waals surface area contributed by atoms with Crippen molar-refractivity contribution in [2.45, 2.75) is 0 Å². The van der Waals surface area contributed by atoms with Crippen molar-refractivity contribution >= 4 is 11.9 Å². The van der Waals surface area contributed by atoms with Gasteiger partial charge in [0.2, 0.25) is 0 Å². The van der Waals surface area contributed by atoms with Crippen LogP contribution in [0.4, 0.5) is 0 Å². The lowest BCUT2D eigenvalue weighted by atomic mass is 10.1. The molecule has 0 saturated heterocycles. The lowest BCUT2D eigenvalue weighted by Gasteiger charge is -2.07. The van der Waals surface area contributed by atoms with Gasteiger partial charge in [-0.05, 0) is 24.3 Å². The van der Waals surface area contributed by atoms with Gasteiger partial charge in [-0.3, -0.25) is 0 Å². The number of carbonyl (C=O) groups is 2. The molecular formula is C21H20N2O6. The molecule has 8 nitrogen and oxygen atoms in total. The molecule has 0 aliphatic heterocycles. The van der Waals surface area contributed by atoms with Gasteiger partial charge in [-0.25, -0.2) is 14.3 Å². The van der Waals surface area contributed by atoms with Crippen LogP contribution in [0.25, 0.3) is 16.9 Å². The van der Waals surface area contributed by atoms with E-state index in [0.29, 0.717) is 17.0 Å². The van der Waals surface area contributed by atoms with E-state index in [1.807, 2.05) is 6.07 Å². The molecule has 3 rings (SSSR count). The Morgan fingerprint density at radius 2 is 1.72 bits per heavy atom. The molecule has 0 spiro atoms. The number of hydrogen-bond acceptors (Lipinski definition) is 7. The Morgan fingerprint density at radius 3 is 2.38 bits per heavy atom. The highest BCUT2D eigenvalue weighted by Crippen LogP contribution is 2.31. The van der Waals surface area contributed by atoms with E-state index in [1.54, 1.807) is 48.5 Å². The largest absolute Gasteiger partial charge is 0.491 e. The summed E-state index contributed by atoms with van der Waals surface area (Å²) in [5, 5.41) is 13.5. The minimum absolute atomic E-state index is 0.0116. The van der Waals surface area contributed by atoms with Gasteiger partial charge in [-0.15, -0.1) is 0 Å². The monoisotopic (exact) mass is 396 g/mol. The second-order valence-electron chi connectivity index (χ2n) is 5.90. The number of hydrogen-bond donors (Lipinski definition) is 1. The Balaban J connectivity index is 2.25. The molecule has 0 saturated carbocycles. The molecular weight excluding hydrogens is 376 g/mol. The number of benzene rings is 2. The SMILES string of the molecule is COC(=O)c1c(-c2cccc(OCCO)c2)nn(-c2ccccc2)c1C(=O)OC. The van der Waals surface area contributed by atoms with E-state index < -0.39 is 11.9 Å². The zero-order valence-electron chi connectivity index (χ0n) is 16.0. The Morgan fingerprint density at radius 1 is 1.00 bits per heavy atom. The molecule has 0 aliphatic carbocycles. The van der Waals surface area contributed by atoms with Gasteiger partial charge in [0.1, 0.15) is 23.6 Å². The van der Waals surface area contributed by atoms with E-state index >= 15 is 0 Å². The average Bonchev–Trinajstić information content (AvgIpc) is 3.18. The highest BCUT2D eigenvalue weighted by atomic mass is 16.5. The van der Waals surface area contributed by atoms with Crippen LogP contribution in [0.15, 0.2) is 54.6 Å². The molecule has 150 valence electrons. The number of para-hydroxylation sites is 1. The summed E-state index contributed by atoms with van der Waals surface area (Å²) in [7, 11) is 2.46. The zero-order chi connectivity index (χ0) is 20.8. The number of methoxy groups -OCH3 is 2. The third-order valence-corrected chi connectivity index (χ3v) is 4.12. The first-order valence-corrected chi connectivity index (χ1v) is 8.79. The Labute approximate surface area is 167 Å². The topological polar surface area (TPSA) is 99.9 Å². The van der Waals surface area contributed by atoms with Crippen LogP contribution in [0, 0.1) is 0 Å². The highest BCUT2D eigenvalue weighted by Gasteiger charge is 2.31. The van der Waals surface area contributed by atoms with E-state index in [1.165, 1.54) is 18.9 Å². The Kier molecular flexibility index (Phi) is 6.25. The summed E-state index contributed by atoms with van der Waals surface area (Å²) in [5.41, 5.74) is 1.32. The molecule has 0 atom stereocenters. The number of esters is 2. The van der Waals surface area contributed by atoms with Crippen LogP contribution in [0.5, 0.6) is 5.75 Å². The lowest BCUT2D eigenvalue weighted by Crippen LogP contribution is -2.15. The molecule has 0 fully saturated rings. The van der Waals surface area contributed by atoms with Gasteiger partial charge >= 0.3 is 11.9 Å². The van der Waals surface area contributed by atoms with E-state index in [9.17, 15) is 9.59 Å². The van der Waals surface area contributed by atoms with Crippen molar-refractivity contribution in [3.8, 4) is 22.7 Å². The first kappa shape index (κ1) is 20.1. The van der Waals surface area contributed by atoms with Crippen molar-refractivity contribution in [2.75, 3.05) is 27.4 Å². The molecule has 3 aromatic rings. The van der Waals surface area contributed by atoms with E-state index in [0.717, 1.165) is 0 Å². The Hall–Kier alpha value is -3.65. The number of ether oxygens (including phenoxy) is 3. The third-order valence-electron chi connectivity index (χ3n) is 4.12. The van der Waals surface area contributed by atoms with Gasteiger partial charge < -0.3 is 19.3 Å². The minimum Gasteiger partial charge on any atom is -0.491 e. The second kappa shape index (κ2) is 9.03. The second-order valence-corrected chi connectivity index (χ2v) is 5.90. The number of aliphatic hydroxyl groups is 1. The van der Waals surface area contributed by atoms with Crippen LogP contribution in [0.2, 0.25) is 0 Å². The first-order valence-electron chi connectivity index (χ1n) is 8.79. The number of aliphatic hydroxyl groups excluding tert-OH is 1.